The van der Waals surface area contributed by atoms with Gasteiger partial charge in [-0.15, -0.1) is 0 Å². The summed E-state index contributed by atoms with van der Waals surface area (Å²) in [6.07, 6.45) is 1.56. The summed E-state index contributed by atoms with van der Waals surface area (Å²) in [6.45, 7) is 0. The van der Waals surface area contributed by atoms with Crippen LogP contribution in [0.1, 0.15) is 0 Å². The smallest absolute Gasteiger partial charge is 0.342 e. The van der Waals surface area contributed by atoms with Crippen molar-refractivity contribution in [1.29, 1.82) is 0 Å². The Labute approximate surface area is 131 Å². The van der Waals surface area contributed by atoms with E-state index in [1.54, 1.807) is 36.5 Å². The number of nitrogens with one attached hydrogen (secondary N) is 1. The fraction of sp³-hybridized carbons (Fsp3) is 0. The van der Waals surface area contributed by atoms with E-state index in [-0.39, 0.29) is 15.8 Å². The maximum absolute atomic E-state index is 12.3. The molecule has 1 N–H and O–H groups in total. The summed E-state index contributed by atoms with van der Waals surface area (Å²) in [6, 6.07) is 11.4. The molecule has 0 aliphatic rings. The second-order valence-corrected chi connectivity index (χ2v) is 6.59. The Morgan fingerprint density at radius 1 is 1.00 bits per heavy atom. The van der Waals surface area contributed by atoms with Crippen molar-refractivity contribution < 1.29 is 12.6 Å². The Hall–Kier alpha value is -1.69. The molecule has 0 saturated heterocycles. The number of hydrogen-bond acceptors (Lipinski definition) is 3. The van der Waals surface area contributed by atoms with E-state index in [0.717, 1.165) is 0 Å². The second-order valence-electron chi connectivity index (χ2n) is 4.29. The maximum atomic E-state index is 12.3. The number of hydrogen-bond donors (Lipinski definition) is 1. The molecule has 0 fully saturated rings. The van der Waals surface area contributed by atoms with Crippen molar-refractivity contribution in [2.24, 2.45) is 0 Å². The number of aromatic nitrogens is 1. The van der Waals surface area contributed by atoms with Gasteiger partial charge < -0.3 is 9.17 Å². The highest BCUT2D eigenvalue weighted by Gasteiger charge is 2.23. The molecule has 0 atom stereocenters. The molecule has 7 heteroatoms. The first-order valence-electron chi connectivity index (χ1n) is 5.93. The van der Waals surface area contributed by atoms with Gasteiger partial charge in [-0.1, -0.05) is 47.5 Å². The lowest BCUT2D eigenvalue weighted by Gasteiger charge is -2.10. The summed E-state index contributed by atoms with van der Waals surface area (Å²) in [7, 11) is -4.08. The zero-order chi connectivity index (χ0) is 15.0. The van der Waals surface area contributed by atoms with Gasteiger partial charge in [-0.3, -0.25) is 0 Å². The standard InChI is InChI=1S/C14H9Cl2NO3S/c15-11-8-12(14(16)10-5-2-1-4-9(10)11)21(18,19)20-13-6-3-7-17-13/h1-8,17H. The summed E-state index contributed by atoms with van der Waals surface area (Å²) >= 11 is 12.3. The zero-order valence-electron chi connectivity index (χ0n) is 10.5. The lowest BCUT2D eigenvalue weighted by molar-refractivity contribution is 0.478. The molecule has 0 amide bonds. The largest absolute Gasteiger partial charge is 0.360 e. The molecule has 108 valence electrons. The lowest BCUT2D eigenvalue weighted by Crippen LogP contribution is -2.10. The topological polar surface area (TPSA) is 59.2 Å². The SMILES string of the molecule is O=S(=O)(Oc1ccc[nH]1)c1cc(Cl)c2ccccc2c1Cl. The first-order valence-corrected chi connectivity index (χ1v) is 8.10. The van der Waals surface area contributed by atoms with Gasteiger partial charge in [0.05, 0.1) is 5.02 Å². The van der Waals surface area contributed by atoms with Crippen LogP contribution in [0, 0.1) is 0 Å². The monoisotopic (exact) mass is 341 g/mol. The molecule has 0 unspecified atom stereocenters. The van der Waals surface area contributed by atoms with E-state index >= 15 is 0 Å². The minimum absolute atomic E-state index is 0.0848. The van der Waals surface area contributed by atoms with Gasteiger partial charge in [-0.2, -0.15) is 8.42 Å². The molecule has 1 heterocycles. The van der Waals surface area contributed by atoms with Crippen molar-refractivity contribution in [3.8, 4) is 5.88 Å². The van der Waals surface area contributed by atoms with Crippen molar-refractivity contribution in [3.05, 3.63) is 58.7 Å². The van der Waals surface area contributed by atoms with E-state index in [1.807, 2.05) is 0 Å². The number of benzene rings is 2. The van der Waals surface area contributed by atoms with Gasteiger partial charge in [0.2, 0.25) is 5.88 Å². The second kappa shape index (κ2) is 5.26. The van der Waals surface area contributed by atoms with Crippen LogP contribution in [0.4, 0.5) is 0 Å². The quantitative estimate of drug-likeness (QED) is 0.724. The lowest BCUT2D eigenvalue weighted by atomic mass is 10.1. The molecule has 0 bridgehead atoms. The minimum Gasteiger partial charge on any atom is -0.360 e. The van der Waals surface area contributed by atoms with Crippen LogP contribution in [0.25, 0.3) is 10.8 Å². The van der Waals surface area contributed by atoms with E-state index in [2.05, 4.69) is 4.98 Å². The van der Waals surface area contributed by atoms with Crippen LogP contribution in [-0.4, -0.2) is 13.4 Å². The normalized spacial score (nSPS) is 11.7. The number of halogens is 2. The van der Waals surface area contributed by atoms with Crippen LogP contribution in [0.3, 0.4) is 0 Å². The Morgan fingerprint density at radius 2 is 1.71 bits per heavy atom. The van der Waals surface area contributed by atoms with E-state index in [9.17, 15) is 8.42 Å². The third kappa shape index (κ3) is 2.60. The molecule has 0 aliphatic carbocycles. The van der Waals surface area contributed by atoms with Gasteiger partial charge in [0.15, 0.2) is 0 Å². The summed E-state index contributed by atoms with van der Waals surface area (Å²) in [5, 5.41) is 1.62. The Balaban J connectivity index is 2.18. The molecule has 0 spiro atoms. The van der Waals surface area contributed by atoms with Gasteiger partial charge in [0.25, 0.3) is 0 Å². The average molecular weight is 342 g/mol. The average Bonchev–Trinajstić information content (AvgIpc) is 2.95. The van der Waals surface area contributed by atoms with E-state index in [0.29, 0.717) is 15.8 Å². The third-order valence-electron chi connectivity index (χ3n) is 2.93. The van der Waals surface area contributed by atoms with Crippen molar-refractivity contribution >= 4 is 44.1 Å². The number of fused-ring (bicyclic) bond motifs is 1. The zero-order valence-corrected chi connectivity index (χ0v) is 12.8. The van der Waals surface area contributed by atoms with Crippen LogP contribution < -0.4 is 4.18 Å². The maximum Gasteiger partial charge on any atom is 0.342 e. The van der Waals surface area contributed by atoms with E-state index in [4.69, 9.17) is 27.4 Å². The first kappa shape index (κ1) is 14.3. The Kier molecular flexibility index (Phi) is 3.57. The van der Waals surface area contributed by atoms with Crippen molar-refractivity contribution in [2.45, 2.75) is 4.90 Å². The molecular formula is C14H9Cl2NO3S. The van der Waals surface area contributed by atoms with Crippen molar-refractivity contribution in [1.82, 2.24) is 4.98 Å². The molecule has 3 aromatic rings. The van der Waals surface area contributed by atoms with Crippen LogP contribution >= 0.6 is 23.2 Å². The van der Waals surface area contributed by atoms with Gasteiger partial charge >= 0.3 is 10.1 Å². The number of rotatable bonds is 3. The first-order chi connectivity index (χ1) is 9.99. The molecule has 21 heavy (non-hydrogen) atoms. The molecule has 0 saturated carbocycles. The predicted octanol–water partition coefficient (Wildman–Crippen LogP) is 4.24. The molecule has 0 aliphatic heterocycles. The van der Waals surface area contributed by atoms with Crippen LogP contribution in [0.5, 0.6) is 5.88 Å². The molecule has 2 aromatic carbocycles. The van der Waals surface area contributed by atoms with Gasteiger partial charge in [-0.05, 0) is 12.1 Å². The van der Waals surface area contributed by atoms with Gasteiger partial charge in [0.1, 0.15) is 4.90 Å². The molecular weight excluding hydrogens is 333 g/mol. The van der Waals surface area contributed by atoms with Crippen LogP contribution in [0.15, 0.2) is 53.6 Å². The fourth-order valence-corrected chi connectivity index (χ4v) is 3.85. The predicted molar refractivity (Wildman–Crippen MR) is 82.6 cm³/mol. The summed E-state index contributed by atoms with van der Waals surface area (Å²) in [4.78, 5) is 2.49. The van der Waals surface area contributed by atoms with Crippen LogP contribution in [0.2, 0.25) is 10.0 Å². The highest BCUT2D eigenvalue weighted by atomic mass is 35.5. The summed E-state index contributed by atoms with van der Waals surface area (Å²) in [5.41, 5.74) is 0. The Bertz CT molecular complexity index is 905. The van der Waals surface area contributed by atoms with Crippen molar-refractivity contribution in [2.75, 3.05) is 0 Å². The molecule has 1 aromatic heterocycles. The third-order valence-corrected chi connectivity index (χ3v) is 5.02. The fourth-order valence-electron chi connectivity index (χ4n) is 1.98. The van der Waals surface area contributed by atoms with E-state index in [1.165, 1.54) is 12.1 Å². The van der Waals surface area contributed by atoms with Gasteiger partial charge in [-0.25, -0.2) is 0 Å². The van der Waals surface area contributed by atoms with Crippen LogP contribution in [-0.2, 0) is 10.1 Å². The molecule has 4 nitrogen and oxygen atoms in total. The van der Waals surface area contributed by atoms with Gasteiger partial charge in [0, 0.05) is 28.1 Å². The summed E-state index contributed by atoms with van der Waals surface area (Å²) in [5.74, 6) is 0.107. The number of H-pyrrole nitrogens is 1. The summed E-state index contributed by atoms with van der Waals surface area (Å²) < 4.78 is 29.6. The Morgan fingerprint density at radius 3 is 2.38 bits per heavy atom. The molecule has 3 rings (SSSR count). The number of aromatic amines is 1. The minimum atomic E-state index is -4.08. The molecule has 0 radical (unpaired) electrons. The highest BCUT2D eigenvalue weighted by Crippen LogP contribution is 2.36. The highest BCUT2D eigenvalue weighted by molar-refractivity contribution is 7.87. The van der Waals surface area contributed by atoms with E-state index < -0.39 is 10.1 Å². The van der Waals surface area contributed by atoms with Crippen molar-refractivity contribution in [3.63, 3.8) is 0 Å².